The normalized spacial score (nSPS) is 14.2. The molecule has 2 aromatic rings. The first-order chi connectivity index (χ1) is 13.8. The molecule has 3 rings (SSSR count). The minimum atomic E-state index is -1.15. The maximum absolute atomic E-state index is 14.5. The number of aliphatic carboxylic acids is 1. The van der Waals surface area contributed by atoms with E-state index in [1.807, 2.05) is 0 Å². The number of rotatable bonds is 6. The van der Waals surface area contributed by atoms with E-state index in [9.17, 15) is 22.8 Å². The van der Waals surface area contributed by atoms with Gasteiger partial charge in [0.2, 0.25) is 0 Å². The maximum atomic E-state index is 14.5. The largest absolute Gasteiger partial charge is 0.481 e. The molecule has 1 fully saturated rings. The van der Waals surface area contributed by atoms with Gasteiger partial charge in [0.05, 0.1) is 16.2 Å². The van der Waals surface area contributed by atoms with Crippen LogP contribution in [0.3, 0.4) is 0 Å². The molecule has 0 saturated heterocycles. The second kappa shape index (κ2) is 9.04. The van der Waals surface area contributed by atoms with E-state index in [2.05, 4.69) is 4.98 Å². The zero-order chi connectivity index (χ0) is 21.1. The molecule has 1 aliphatic rings. The van der Waals surface area contributed by atoms with Gasteiger partial charge in [-0.25, -0.2) is 22.9 Å². The molecule has 0 bridgehead atoms. The Hall–Kier alpha value is -2.27. The van der Waals surface area contributed by atoms with Crippen LogP contribution >= 0.6 is 23.1 Å². The first kappa shape index (κ1) is 21.4. The lowest BCUT2D eigenvalue weighted by atomic mass is 10.1. The number of halogens is 3. The van der Waals surface area contributed by atoms with Crippen molar-refractivity contribution >= 4 is 45.9 Å². The first-order valence-electron chi connectivity index (χ1n) is 8.79. The third-order valence-electron chi connectivity index (χ3n) is 4.50. The lowest BCUT2D eigenvalue weighted by Crippen LogP contribution is -2.47. The van der Waals surface area contributed by atoms with Gasteiger partial charge in [-0.2, -0.15) is 0 Å². The lowest BCUT2D eigenvalue weighted by molar-refractivity contribution is -0.133. The van der Waals surface area contributed by atoms with Crippen LogP contribution in [0.1, 0.15) is 25.7 Å². The summed E-state index contributed by atoms with van der Waals surface area (Å²) in [7, 11) is 1.42. The number of hydrogen-bond donors (Lipinski definition) is 1. The molecule has 156 valence electrons. The number of amides is 2. The average molecular weight is 445 g/mol. The number of anilines is 2. The van der Waals surface area contributed by atoms with Crippen molar-refractivity contribution in [3.8, 4) is 0 Å². The lowest BCUT2D eigenvalue weighted by Gasteiger charge is -2.32. The topological polar surface area (TPSA) is 73.7 Å². The quantitative estimate of drug-likeness (QED) is 0.650. The molecule has 1 N–H and O–H groups in total. The molecular formula is C18H18F3N3O3S2. The predicted octanol–water partition coefficient (Wildman–Crippen LogP) is 4.74. The van der Waals surface area contributed by atoms with E-state index >= 15 is 0 Å². The highest BCUT2D eigenvalue weighted by Gasteiger charge is 2.35. The minimum Gasteiger partial charge on any atom is -0.481 e. The second-order valence-corrected chi connectivity index (χ2v) is 8.80. The Labute approximate surface area is 173 Å². The van der Waals surface area contributed by atoms with E-state index in [0.717, 1.165) is 45.7 Å². The summed E-state index contributed by atoms with van der Waals surface area (Å²) in [4.78, 5) is 30.2. The van der Waals surface area contributed by atoms with Gasteiger partial charge in [-0.05, 0) is 12.8 Å². The van der Waals surface area contributed by atoms with Crippen LogP contribution in [0.15, 0.2) is 22.5 Å². The Bertz CT molecular complexity index is 896. The van der Waals surface area contributed by atoms with Gasteiger partial charge >= 0.3 is 12.0 Å². The third kappa shape index (κ3) is 4.84. The van der Waals surface area contributed by atoms with Crippen LogP contribution < -0.4 is 9.80 Å². The molecule has 0 aliphatic heterocycles. The third-order valence-corrected chi connectivity index (χ3v) is 6.76. The number of benzene rings is 1. The number of aromatic nitrogens is 1. The summed E-state index contributed by atoms with van der Waals surface area (Å²) >= 11 is 2.16. The van der Waals surface area contributed by atoms with Crippen molar-refractivity contribution in [1.82, 2.24) is 4.98 Å². The molecule has 0 atom stereocenters. The summed E-state index contributed by atoms with van der Waals surface area (Å²) in [5.74, 6) is -4.49. The molecule has 0 unspecified atom stereocenters. The molecule has 0 radical (unpaired) electrons. The van der Waals surface area contributed by atoms with Crippen LogP contribution in [0.4, 0.5) is 28.8 Å². The van der Waals surface area contributed by atoms with Crippen LogP contribution in [0, 0.1) is 17.5 Å². The fourth-order valence-corrected chi connectivity index (χ4v) is 4.85. The highest BCUT2D eigenvalue weighted by atomic mass is 32.2. The van der Waals surface area contributed by atoms with Crippen LogP contribution in [0.2, 0.25) is 0 Å². The van der Waals surface area contributed by atoms with E-state index in [4.69, 9.17) is 5.11 Å². The van der Waals surface area contributed by atoms with Gasteiger partial charge in [0.15, 0.2) is 16.8 Å². The zero-order valence-electron chi connectivity index (χ0n) is 15.4. The van der Waals surface area contributed by atoms with Gasteiger partial charge < -0.3 is 5.11 Å². The summed E-state index contributed by atoms with van der Waals surface area (Å²) in [5, 5.41) is 9.02. The summed E-state index contributed by atoms with van der Waals surface area (Å²) in [5.41, 5.74) is -0.577. The summed E-state index contributed by atoms with van der Waals surface area (Å²) < 4.78 is 42.9. The van der Waals surface area contributed by atoms with Gasteiger partial charge in [0.1, 0.15) is 11.5 Å². The van der Waals surface area contributed by atoms with Gasteiger partial charge in [0, 0.05) is 25.2 Å². The van der Waals surface area contributed by atoms with Crippen molar-refractivity contribution in [3.63, 3.8) is 0 Å². The Balaban J connectivity index is 1.90. The predicted molar refractivity (Wildman–Crippen MR) is 105 cm³/mol. The number of carbonyl (C=O) groups excluding carboxylic acids is 1. The van der Waals surface area contributed by atoms with E-state index < -0.39 is 41.2 Å². The van der Waals surface area contributed by atoms with Crippen molar-refractivity contribution in [2.45, 2.75) is 35.9 Å². The maximum Gasteiger partial charge on any atom is 0.330 e. The first-order valence-corrected chi connectivity index (χ1v) is 10.6. The summed E-state index contributed by atoms with van der Waals surface area (Å²) in [6.45, 7) is 0. The molecule has 2 amide bonds. The van der Waals surface area contributed by atoms with Crippen LogP contribution in [-0.4, -0.2) is 40.9 Å². The number of carbonyl (C=O) groups is 2. The molecule has 6 nitrogen and oxygen atoms in total. The van der Waals surface area contributed by atoms with Crippen LogP contribution in [0.5, 0.6) is 0 Å². The summed E-state index contributed by atoms with van der Waals surface area (Å²) in [6.07, 6.45) is 4.23. The SMILES string of the molecule is CN(C(=O)N(c1c(F)cc(F)cc1F)C1CCCC1)c1ncc(SCC(=O)O)s1. The molecule has 1 heterocycles. The van der Waals surface area contributed by atoms with E-state index in [1.54, 1.807) is 0 Å². The second-order valence-electron chi connectivity index (χ2n) is 6.51. The Morgan fingerprint density at radius 2 is 1.86 bits per heavy atom. The van der Waals surface area contributed by atoms with E-state index in [1.165, 1.54) is 13.2 Å². The average Bonchev–Trinajstić information content (AvgIpc) is 3.33. The molecule has 0 spiro atoms. The smallest absolute Gasteiger partial charge is 0.330 e. The summed E-state index contributed by atoms with van der Waals surface area (Å²) in [6, 6.07) is 0.000655. The van der Waals surface area contributed by atoms with Crippen molar-refractivity contribution in [2.75, 3.05) is 22.6 Å². The van der Waals surface area contributed by atoms with Gasteiger partial charge in [-0.1, -0.05) is 24.2 Å². The molecule has 29 heavy (non-hydrogen) atoms. The molecule has 1 saturated carbocycles. The van der Waals surface area contributed by atoms with Crippen LogP contribution in [0.25, 0.3) is 0 Å². The van der Waals surface area contributed by atoms with Crippen LogP contribution in [-0.2, 0) is 4.79 Å². The number of hydrogen-bond acceptors (Lipinski definition) is 5. The Kier molecular flexibility index (Phi) is 6.68. The Morgan fingerprint density at radius 1 is 1.24 bits per heavy atom. The van der Waals surface area contributed by atoms with E-state index in [-0.39, 0.29) is 10.9 Å². The molecular weight excluding hydrogens is 427 g/mol. The fraction of sp³-hybridized carbons (Fsp3) is 0.389. The number of thioether (sulfide) groups is 1. The Morgan fingerprint density at radius 3 is 2.45 bits per heavy atom. The highest BCUT2D eigenvalue weighted by molar-refractivity contribution is 8.01. The monoisotopic (exact) mass is 445 g/mol. The number of carboxylic acids is 1. The minimum absolute atomic E-state index is 0.153. The van der Waals surface area contributed by atoms with E-state index in [0.29, 0.717) is 29.2 Å². The molecule has 1 aromatic carbocycles. The van der Waals surface area contributed by atoms with Gasteiger partial charge in [0.25, 0.3) is 0 Å². The van der Waals surface area contributed by atoms with Gasteiger partial charge in [-0.3, -0.25) is 14.6 Å². The number of carboxylic acid groups (broad SMARTS) is 1. The number of nitrogens with zero attached hydrogens (tertiary/aromatic N) is 3. The number of urea groups is 1. The van der Waals surface area contributed by atoms with Crippen molar-refractivity contribution in [2.24, 2.45) is 0 Å². The standard InChI is InChI=1S/C18H18F3N3O3S2/c1-23(17-22-8-15(29-17)28-9-14(25)26)18(27)24(11-4-2-3-5-11)16-12(20)6-10(19)7-13(16)21/h6-8,11H,2-5,9H2,1H3,(H,25,26). The molecule has 11 heteroatoms. The molecule has 1 aromatic heterocycles. The van der Waals surface area contributed by atoms with Crippen molar-refractivity contribution in [3.05, 3.63) is 35.8 Å². The van der Waals surface area contributed by atoms with Crippen molar-refractivity contribution in [1.29, 1.82) is 0 Å². The highest BCUT2D eigenvalue weighted by Crippen LogP contribution is 2.35. The number of thiazole rings is 1. The zero-order valence-corrected chi connectivity index (χ0v) is 17.0. The molecule has 1 aliphatic carbocycles. The fourth-order valence-electron chi connectivity index (χ4n) is 3.21. The van der Waals surface area contributed by atoms with Crippen molar-refractivity contribution < 1.29 is 27.9 Å². The van der Waals surface area contributed by atoms with Gasteiger partial charge in [-0.15, -0.1) is 11.8 Å².